The number of halogens is 13. The van der Waals surface area contributed by atoms with Crippen molar-refractivity contribution in [3.8, 4) is 6.07 Å². The smallest absolute Gasteiger partial charge is 0.200 e. The van der Waals surface area contributed by atoms with E-state index in [0.29, 0.717) is 5.56 Å². The van der Waals surface area contributed by atoms with Crippen LogP contribution in [0.1, 0.15) is 23.5 Å². The third-order valence-electron chi connectivity index (χ3n) is 4.09. The molecule has 0 aliphatic heterocycles. The van der Waals surface area contributed by atoms with E-state index in [2.05, 4.69) is 0 Å². The van der Waals surface area contributed by atoms with Gasteiger partial charge in [-0.3, -0.25) is 0 Å². The molecule has 0 N–H and O–H groups in total. The SMILES string of the molecule is Cc1ccc([C@H](C#N)CC(F)(F)C(F)(F)C(F)(F)C(F)(F)C(F)(F)C(F)(F)F)cc1. The van der Waals surface area contributed by atoms with E-state index in [9.17, 15) is 57.1 Å². The second kappa shape index (κ2) is 7.49. The molecule has 0 saturated heterocycles. The lowest BCUT2D eigenvalue weighted by Crippen LogP contribution is -2.70. The van der Waals surface area contributed by atoms with E-state index < -0.39 is 53.7 Å². The Morgan fingerprint density at radius 1 is 0.700 bits per heavy atom. The van der Waals surface area contributed by atoms with Gasteiger partial charge < -0.3 is 0 Å². The summed E-state index contributed by atoms with van der Waals surface area (Å²) in [5, 5.41) is 8.84. The highest BCUT2D eigenvalue weighted by Gasteiger charge is 2.90. The molecule has 0 radical (unpaired) electrons. The van der Waals surface area contributed by atoms with Gasteiger partial charge in [0.1, 0.15) is 0 Å². The lowest BCUT2D eigenvalue weighted by molar-refractivity contribution is -0.440. The Bertz CT molecular complexity index is 787. The summed E-state index contributed by atoms with van der Waals surface area (Å²) >= 11 is 0. The fourth-order valence-corrected chi connectivity index (χ4v) is 2.22. The van der Waals surface area contributed by atoms with Gasteiger partial charge in [-0.2, -0.15) is 62.3 Å². The minimum absolute atomic E-state index is 0.436. The van der Waals surface area contributed by atoms with Gasteiger partial charge >= 0.3 is 35.8 Å². The molecule has 0 aliphatic rings. The summed E-state index contributed by atoms with van der Waals surface area (Å²) in [6.07, 6.45) is -10.0. The van der Waals surface area contributed by atoms with Crippen LogP contribution in [0.4, 0.5) is 57.1 Å². The Kier molecular flexibility index (Phi) is 6.45. The molecule has 30 heavy (non-hydrogen) atoms. The number of nitrogens with zero attached hydrogens (tertiary/aromatic N) is 1. The zero-order valence-electron chi connectivity index (χ0n) is 14.5. The summed E-state index contributed by atoms with van der Waals surface area (Å²) in [6, 6.07) is 5.32. The third-order valence-corrected chi connectivity index (χ3v) is 4.09. The van der Waals surface area contributed by atoms with Crippen molar-refractivity contribution in [1.29, 1.82) is 5.26 Å². The Morgan fingerprint density at radius 3 is 1.47 bits per heavy atom. The van der Waals surface area contributed by atoms with Gasteiger partial charge in [-0.05, 0) is 12.5 Å². The van der Waals surface area contributed by atoms with Crippen molar-refractivity contribution in [2.45, 2.75) is 55.1 Å². The molecule has 0 spiro atoms. The summed E-state index contributed by atoms with van der Waals surface area (Å²) in [5.74, 6) is -39.6. The number of nitriles is 1. The van der Waals surface area contributed by atoms with E-state index in [1.165, 1.54) is 19.1 Å². The van der Waals surface area contributed by atoms with Crippen molar-refractivity contribution >= 4 is 0 Å². The Morgan fingerprint density at radius 2 is 1.10 bits per heavy atom. The molecule has 1 aromatic rings. The minimum atomic E-state index is -7.95. The van der Waals surface area contributed by atoms with E-state index in [1.807, 2.05) is 0 Å². The molecule has 14 heteroatoms. The van der Waals surface area contributed by atoms with Crippen LogP contribution in [0.25, 0.3) is 0 Å². The summed E-state index contributed by atoms with van der Waals surface area (Å²) in [7, 11) is 0. The number of alkyl halides is 13. The lowest BCUT2D eigenvalue weighted by atomic mass is 9.86. The second-order valence-electron chi connectivity index (χ2n) is 6.30. The summed E-state index contributed by atoms with van der Waals surface area (Å²) in [6.45, 7) is 1.48. The first-order valence-electron chi connectivity index (χ1n) is 7.59. The van der Waals surface area contributed by atoms with Gasteiger partial charge in [0.25, 0.3) is 0 Å². The van der Waals surface area contributed by atoms with Crippen molar-refractivity contribution in [1.82, 2.24) is 0 Å². The summed E-state index contributed by atoms with van der Waals surface area (Å²) < 4.78 is 170. The zero-order valence-corrected chi connectivity index (χ0v) is 14.5. The van der Waals surface area contributed by atoms with E-state index in [-0.39, 0.29) is 0 Å². The molecular weight excluding hydrogens is 453 g/mol. The summed E-state index contributed by atoms with van der Waals surface area (Å²) in [4.78, 5) is 0. The van der Waals surface area contributed by atoms with Gasteiger partial charge in [0.2, 0.25) is 0 Å². The molecule has 0 unspecified atom stereocenters. The van der Waals surface area contributed by atoms with Crippen LogP contribution in [0.15, 0.2) is 24.3 Å². The predicted molar refractivity (Wildman–Crippen MR) is 74.9 cm³/mol. The van der Waals surface area contributed by atoms with E-state index >= 15 is 0 Å². The van der Waals surface area contributed by atoms with Crippen molar-refractivity contribution in [3.05, 3.63) is 35.4 Å². The molecule has 0 amide bonds. The van der Waals surface area contributed by atoms with Crippen LogP contribution in [-0.2, 0) is 0 Å². The first kappa shape index (κ1) is 25.8. The number of rotatable bonds is 7. The van der Waals surface area contributed by atoms with Crippen LogP contribution in [0.2, 0.25) is 0 Å². The van der Waals surface area contributed by atoms with E-state index in [0.717, 1.165) is 18.2 Å². The average Bonchev–Trinajstić information content (AvgIpc) is 2.58. The third kappa shape index (κ3) is 3.90. The number of hydrogen-bond acceptors (Lipinski definition) is 1. The van der Waals surface area contributed by atoms with Gasteiger partial charge in [-0.1, -0.05) is 29.8 Å². The molecular formula is C16H10F13N. The quantitative estimate of drug-likeness (QED) is 0.412. The fraction of sp³-hybridized carbons (Fsp3) is 0.562. The van der Waals surface area contributed by atoms with E-state index in [4.69, 9.17) is 5.26 Å². The highest BCUT2D eigenvalue weighted by molar-refractivity contribution is 5.29. The molecule has 0 saturated carbocycles. The Hall–Kier alpha value is -2.20. The summed E-state index contributed by atoms with van der Waals surface area (Å²) in [5.41, 5.74) is 0.0577. The molecule has 0 aromatic heterocycles. The molecule has 0 bridgehead atoms. The van der Waals surface area contributed by atoms with Gasteiger partial charge in [0.05, 0.1) is 12.0 Å². The first-order valence-corrected chi connectivity index (χ1v) is 7.59. The van der Waals surface area contributed by atoms with Crippen molar-refractivity contribution in [2.24, 2.45) is 0 Å². The van der Waals surface area contributed by atoms with Gasteiger partial charge in [-0.15, -0.1) is 0 Å². The molecule has 1 atom stereocenters. The molecule has 1 nitrogen and oxygen atoms in total. The highest BCUT2D eigenvalue weighted by atomic mass is 19.4. The van der Waals surface area contributed by atoms with Crippen LogP contribution < -0.4 is 0 Å². The van der Waals surface area contributed by atoms with Crippen LogP contribution in [0.5, 0.6) is 0 Å². The fourth-order valence-electron chi connectivity index (χ4n) is 2.22. The molecule has 1 aromatic carbocycles. The second-order valence-corrected chi connectivity index (χ2v) is 6.30. The van der Waals surface area contributed by atoms with Crippen LogP contribution in [-0.4, -0.2) is 35.8 Å². The molecule has 170 valence electrons. The number of benzene rings is 1. The Balaban J connectivity index is 3.41. The Labute approximate surface area is 160 Å². The lowest BCUT2D eigenvalue weighted by Gasteiger charge is -2.40. The zero-order chi connectivity index (χ0) is 24.0. The monoisotopic (exact) mass is 463 g/mol. The predicted octanol–water partition coefficient (Wildman–Crippen LogP) is 6.73. The van der Waals surface area contributed by atoms with Crippen LogP contribution in [0.3, 0.4) is 0 Å². The largest absolute Gasteiger partial charge is 0.460 e. The maximum Gasteiger partial charge on any atom is 0.460 e. The number of hydrogen-bond donors (Lipinski definition) is 0. The van der Waals surface area contributed by atoms with Crippen molar-refractivity contribution in [2.75, 3.05) is 0 Å². The van der Waals surface area contributed by atoms with Gasteiger partial charge in [0.15, 0.2) is 0 Å². The van der Waals surface area contributed by atoms with Crippen LogP contribution >= 0.6 is 0 Å². The maximum absolute atomic E-state index is 13.9. The highest BCUT2D eigenvalue weighted by Crippen LogP contribution is 2.61. The standard InChI is InChI=1S/C16H10F13N/c1-8-2-4-9(5-3-8)10(7-30)6-11(17,18)12(19,20)13(21,22)14(23,24)15(25,26)16(27,28)29/h2-5,10H,6H2,1H3/t10-/m0/s1. The molecule has 0 heterocycles. The van der Waals surface area contributed by atoms with E-state index in [1.54, 1.807) is 0 Å². The molecule has 0 fully saturated rings. The van der Waals surface area contributed by atoms with Crippen LogP contribution in [0, 0.1) is 18.3 Å². The first-order chi connectivity index (χ1) is 13.2. The van der Waals surface area contributed by atoms with Crippen molar-refractivity contribution in [3.63, 3.8) is 0 Å². The maximum atomic E-state index is 13.9. The normalized spacial score (nSPS) is 15.6. The van der Waals surface area contributed by atoms with Crippen molar-refractivity contribution < 1.29 is 57.1 Å². The average molecular weight is 463 g/mol. The van der Waals surface area contributed by atoms with Gasteiger partial charge in [0, 0.05) is 6.42 Å². The number of aryl methyl sites for hydroxylation is 1. The molecule has 1 rings (SSSR count). The minimum Gasteiger partial charge on any atom is -0.200 e. The topological polar surface area (TPSA) is 23.8 Å². The van der Waals surface area contributed by atoms with Gasteiger partial charge in [-0.25, -0.2) is 0 Å². The molecule has 0 aliphatic carbocycles.